The zero-order valence-corrected chi connectivity index (χ0v) is 15.0. The molecule has 1 aromatic carbocycles. The van der Waals surface area contributed by atoms with Crippen molar-refractivity contribution in [1.82, 2.24) is 9.29 Å². The molecule has 2 aromatic rings. The molecule has 8 heteroatoms. The van der Waals surface area contributed by atoms with Gasteiger partial charge in [0.1, 0.15) is 0 Å². The fourth-order valence-electron chi connectivity index (χ4n) is 1.94. The number of rotatable bonds is 5. The average molecular weight is 399 g/mol. The van der Waals surface area contributed by atoms with Gasteiger partial charge < -0.3 is 4.74 Å². The van der Waals surface area contributed by atoms with Crippen molar-refractivity contribution in [2.45, 2.75) is 11.4 Å². The summed E-state index contributed by atoms with van der Waals surface area (Å²) >= 11 is 3.21. The molecule has 2 rings (SSSR count). The van der Waals surface area contributed by atoms with E-state index in [0.29, 0.717) is 4.47 Å². The number of benzene rings is 1. The summed E-state index contributed by atoms with van der Waals surface area (Å²) in [6.45, 7) is 0.180. The number of pyridine rings is 1. The lowest BCUT2D eigenvalue weighted by Gasteiger charge is -2.17. The van der Waals surface area contributed by atoms with Gasteiger partial charge in [0.2, 0.25) is 10.0 Å². The van der Waals surface area contributed by atoms with Gasteiger partial charge in [0.15, 0.2) is 0 Å². The Bertz CT molecular complexity index is 809. The monoisotopic (exact) mass is 398 g/mol. The molecular formula is C15H15BrN2O4S. The number of nitrogens with zero attached hydrogens (tertiary/aromatic N) is 2. The minimum absolute atomic E-state index is 0.0208. The zero-order chi connectivity index (χ0) is 17.0. The molecule has 0 N–H and O–H groups in total. The van der Waals surface area contributed by atoms with E-state index < -0.39 is 16.0 Å². The van der Waals surface area contributed by atoms with Crippen LogP contribution in [0.5, 0.6) is 0 Å². The second kappa shape index (κ2) is 7.20. The van der Waals surface area contributed by atoms with E-state index in [1.807, 2.05) is 0 Å². The van der Waals surface area contributed by atoms with Crippen molar-refractivity contribution >= 4 is 31.9 Å². The molecule has 0 saturated heterocycles. The van der Waals surface area contributed by atoms with Crippen LogP contribution in [-0.2, 0) is 21.3 Å². The van der Waals surface area contributed by atoms with Crippen LogP contribution in [0.2, 0.25) is 0 Å². The van der Waals surface area contributed by atoms with Crippen LogP contribution >= 0.6 is 15.9 Å². The first-order chi connectivity index (χ1) is 10.9. The first-order valence-electron chi connectivity index (χ1n) is 6.59. The molecule has 0 spiro atoms. The lowest BCUT2D eigenvalue weighted by atomic mass is 10.2. The van der Waals surface area contributed by atoms with E-state index in [2.05, 4.69) is 25.7 Å². The Morgan fingerprint density at radius 1 is 1.35 bits per heavy atom. The normalized spacial score (nSPS) is 11.5. The van der Waals surface area contributed by atoms with E-state index in [0.717, 1.165) is 5.56 Å². The van der Waals surface area contributed by atoms with E-state index in [-0.39, 0.29) is 17.0 Å². The molecule has 23 heavy (non-hydrogen) atoms. The summed E-state index contributed by atoms with van der Waals surface area (Å²) < 4.78 is 31.6. The lowest BCUT2D eigenvalue weighted by molar-refractivity contribution is 0.0599. The number of halogens is 1. The molecule has 0 saturated carbocycles. The van der Waals surface area contributed by atoms with Crippen LogP contribution in [0.4, 0.5) is 0 Å². The lowest BCUT2D eigenvalue weighted by Crippen LogP contribution is -2.26. The summed E-state index contributed by atoms with van der Waals surface area (Å²) in [4.78, 5) is 15.7. The van der Waals surface area contributed by atoms with E-state index in [1.54, 1.807) is 24.5 Å². The van der Waals surface area contributed by atoms with Crippen molar-refractivity contribution < 1.29 is 17.9 Å². The summed E-state index contributed by atoms with van der Waals surface area (Å²) in [6, 6.07) is 7.78. The SMILES string of the molecule is COC(=O)c1cc(S(=O)(=O)N(C)Cc2cccnc2)ccc1Br. The predicted molar refractivity (Wildman–Crippen MR) is 88.4 cm³/mol. The third-order valence-electron chi connectivity index (χ3n) is 3.18. The van der Waals surface area contributed by atoms with Gasteiger partial charge in [0.25, 0.3) is 0 Å². The van der Waals surface area contributed by atoms with Gasteiger partial charge in [-0.15, -0.1) is 0 Å². The van der Waals surface area contributed by atoms with Gasteiger partial charge in [-0.1, -0.05) is 6.07 Å². The molecule has 0 fully saturated rings. The highest BCUT2D eigenvalue weighted by atomic mass is 79.9. The topological polar surface area (TPSA) is 76.6 Å². The number of carbonyl (C=O) groups is 1. The Hall–Kier alpha value is -1.77. The molecule has 6 nitrogen and oxygen atoms in total. The molecule has 0 atom stereocenters. The number of hydrogen-bond donors (Lipinski definition) is 0. The second-order valence-corrected chi connectivity index (χ2v) is 7.65. The van der Waals surface area contributed by atoms with Crippen molar-refractivity contribution in [2.24, 2.45) is 0 Å². The van der Waals surface area contributed by atoms with Crippen LogP contribution in [0.25, 0.3) is 0 Å². The quantitative estimate of drug-likeness (QED) is 0.722. The highest BCUT2D eigenvalue weighted by Gasteiger charge is 2.23. The van der Waals surface area contributed by atoms with Crippen LogP contribution in [0, 0.1) is 0 Å². The van der Waals surface area contributed by atoms with Crippen LogP contribution in [0.3, 0.4) is 0 Å². The van der Waals surface area contributed by atoms with Crippen molar-refractivity contribution in [3.05, 3.63) is 58.3 Å². The molecule has 122 valence electrons. The standard InChI is InChI=1S/C15H15BrN2O4S/c1-18(10-11-4-3-7-17-9-11)23(20,21)12-5-6-14(16)13(8-12)15(19)22-2/h3-9H,10H2,1-2H3. The highest BCUT2D eigenvalue weighted by molar-refractivity contribution is 9.10. The van der Waals surface area contributed by atoms with Gasteiger partial charge >= 0.3 is 5.97 Å². The summed E-state index contributed by atoms with van der Waals surface area (Å²) in [5.41, 5.74) is 0.923. The van der Waals surface area contributed by atoms with Crippen LogP contribution < -0.4 is 0 Å². The molecule has 0 aliphatic rings. The maximum absolute atomic E-state index is 12.6. The Morgan fingerprint density at radius 3 is 2.70 bits per heavy atom. The van der Waals surface area contributed by atoms with Crippen molar-refractivity contribution in [1.29, 1.82) is 0 Å². The molecule has 1 heterocycles. The number of carbonyl (C=O) groups excluding carboxylic acids is 1. The minimum atomic E-state index is -3.74. The van der Waals surface area contributed by atoms with Crippen LogP contribution in [0.15, 0.2) is 52.1 Å². The van der Waals surface area contributed by atoms with E-state index in [9.17, 15) is 13.2 Å². The summed E-state index contributed by atoms with van der Waals surface area (Å²) in [7, 11) is -1.03. The number of ether oxygens (including phenoxy) is 1. The van der Waals surface area contributed by atoms with Gasteiger partial charge in [-0.25, -0.2) is 13.2 Å². The predicted octanol–water partition coefficient (Wildman–Crippen LogP) is 2.45. The van der Waals surface area contributed by atoms with Crippen molar-refractivity contribution in [3.8, 4) is 0 Å². The smallest absolute Gasteiger partial charge is 0.339 e. The van der Waals surface area contributed by atoms with Gasteiger partial charge in [-0.3, -0.25) is 4.98 Å². The Morgan fingerprint density at radius 2 is 2.09 bits per heavy atom. The molecule has 0 radical (unpaired) electrons. The maximum atomic E-state index is 12.6. The van der Waals surface area contributed by atoms with Crippen molar-refractivity contribution in [3.63, 3.8) is 0 Å². The highest BCUT2D eigenvalue weighted by Crippen LogP contribution is 2.24. The summed E-state index contributed by atoms with van der Waals surface area (Å²) in [5, 5.41) is 0. The summed E-state index contributed by atoms with van der Waals surface area (Å²) in [5.74, 6) is -0.608. The van der Waals surface area contributed by atoms with E-state index >= 15 is 0 Å². The molecule has 1 aromatic heterocycles. The largest absolute Gasteiger partial charge is 0.465 e. The van der Waals surface area contributed by atoms with Crippen LogP contribution in [0.1, 0.15) is 15.9 Å². The third kappa shape index (κ3) is 3.95. The van der Waals surface area contributed by atoms with Gasteiger partial charge in [0, 0.05) is 30.5 Å². The Kier molecular flexibility index (Phi) is 5.51. The molecular weight excluding hydrogens is 384 g/mol. The molecule has 0 bridgehead atoms. The minimum Gasteiger partial charge on any atom is -0.465 e. The Balaban J connectivity index is 2.34. The number of esters is 1. The van der Waals surface area contributed by atoms with Gasteiger partial charge in [-0.2, -0.15) is 4.31 Å². The average Bonchev–Trinajstić information content (AvgIpc) is 2.55. The van der Waals surface area contributed by atoms with E-state index in [1.165, 1.54) is 36.7 Å². The van der Waals surface area contributed by atoms with E-state index in [4.69, 9.17) is 0 Å². The van der Waals surface area contributed by atoms with Gasteiger partial charge in [0.05, 0.1) is 17.6 Å². The number of sulfonamides is 1. The molecule has 0 aliphatic heterocycles. The molecule has 0 amide bonds. The fourth-order valence-corrected chi connectivity index (χ4v) is 3.54. The first-order valence-corrected chi connectivity index (χ1v) is 8.82. The van der Waals surface area contributed by atoms with Crippen molar-refractivity contribution in [2.75, 3.05) is 14.2 Å². The zero-order valence-electron chi connectivity index (χ0n) is 12.6. The first kappa shape index (κ1) is 17.6. The fraction of sp³-hybridized carbons (Fsp3) is 0.200. The number of methoxy groups -OCH3 is 1. The second-order valence-electron chi connectivity index (χ2n) is 4.76. The molecule has 0 unspecified atom stereocenters. The third-order valence-corrected chi connectivity index (χ3v) is 5.67. The Labute approximate surface area is 143 Å². The molecule has 0 aliphatic carbocycles. The number of hydrogen-bond acceptors (Lipinski definition) is 5. The maximum Gasteiger partial charge on any atom is 0.339 e. The van der Waals surface area contributed by atoms with Gasteiger partial charge in [-0.05, 0) is 45.8 Å². The number of aromatic nitrogens is 1. The summed E-state index contributed by atoms with van der Waals surface area (Å²) in [6.07, 6.45) is 3.23. The van der Waals surface area contributed by atoms with Crippen LogP contribution in [-0.4, -0.2) is 37.8 Å².